The van der Waals surface area contributed by atoms with E-state index in [9.17, 15) is 4.79 Å². The monoisotopic (exact) mass is 211 g/mol. The third-order valence-corrected chi connectivity index (χ3v) is 2.71. The van der Waals surface area contributed by atoms with Gasteiger partial charge in [0.05, 0.1) is 0 Å². The van der Waals surface area contributed by atoms with Gasteiger partial charge in [-0.15, -0.1) is 10.2 Å². The van der Waals surface area contributed by atoms with E-state index in [0.717, 1.165) is 5.01 Å². The van der Waals surface area contributed by atoms with E-state index in [1.165, 1.54) is 15.9 Å². The van der Waals surface area contributed by atoms with Crippen molar-refractivity contribution in [3.8, 4) is 0 Å². The molecule has 0 unspecified atom stereocenters. The molecule has 14 heavy (non-hydrogen) atoms. The molecule has 0 saturated carbocycles. The van der Waals surface area contributed by atoms with Crippen LogP contribution in [-0.2, 0) is 6.42 Å². The van der Waals surface area contributed by atoms with Gasteiger partial charge in [-0.3, -0.25) is 4.79 Å². The summed E-state index contributed by atoms with van der Waals surface area (Å²) in [5, 5.41) is 12.5. The zero-order valence-corrected chi connectivity index (χ0v) is 8.41. The average molecular weight is 211 g/mol. The zero-order valence-electron chi connectivity index (χ0n) is 7.60. The molecule has 0 radical (unpaired) electrons. The third kappa shape index (κ3) is 1.40. The van der Waals surface area contributed by atoms with Gasteiger partial charge in [-0.2, -0.15) is 9.61 Å². The van der Waals surface area contributed by atoms with E-state index in [2.05, 4.69) is 15.3 Å². The number of fused-ring (bicyclic) bond motifs is 1. The molecule has 0 bridgehead atoms. The molecule has 0 aliphatic carbocycles. The van der Waals surface area contributed by atoms with E-state index in [1.807, 2.05) is 0 Å². The van der Waals surface area contributed by atoms with Crippen LogP contribution in [0.2, 0.25) is 0 Å². The van der Waals surface area contributed by atoms with Gasteiger partial charge < -0.3 is 5.73 Å². The Morgan fingerprint density at radius 1 is 1.50 bits per heavy atom. The SMILES string of the molecule is Cc1nnc2sc(CCN)nn2c1=O. The summed E-state index contributed by atoms with van der Waals surface area (Å²) in [6.45, 7) is 2.13. The predicted octanol–water partition coefficient (Wildman–Crippen LogP) is -0.644. The van der Waals surface area contributed by atoms with E-state index in [1.54, 1.807) is 6.92 Å². The quantitative estimate of drug-likeness (QED) is 0.713. The molecule has 2 rings (SSSR count). The molecule has 2 aromatic rings. The van der Waals surface area contributed by atoms with Gasteiger partial charge in [0.25, 0.3) is 5.56 Å². The number of nitrogens with zero attached hydrogens (tertiary/aromatic N) is 4. The predicted molar refractivity (Wildman–Crippen MR) is 52.4 cm³/mol. The van der Waals surface area contributed by atoms with Gasteiger partial charge >= 0.3 is 0 Å². The second-order valence-corrected chi connectivity index (χ2v) is 3.86. The van der Waals surface area contributed by atoms with E-state index < -0.39 is 0 Å². The van der Waals surface area contributed by atoms with Crippen LogP contribution in [0.15, 0.2) is 4.79 Å². The van der Waals surface area contributed by atoms with Gasteiger partial charge in [-0.05, 0) is 13.5 Å². The van der Waals surface area contributed by atoms with Crippen molar-refractivity contribution in [2.24, 2.45) is 5.73 Å². The molecule has 2 aromatic heterocycles. The fourth-order valence-corrected chi connectivity index (χ4v) is 1.90. The molecule has 6 nitrogen and oxygen atoms in total. The molecular formula is C7H9N5OS. The average Bonchev–Trinajstić information content (AvgIpc) is 2.56. The van der Waals surface area contributed by atoms with Crippen molar-refractivity contribution in [2.75, 3.05) is 6.54 Å². The lowest BCUT2D eigenvalue weighted by Gasteiger charge is -1.89. The lowest BCUT2D eigenvalue weighted by atomic mass is 10.5. The second-order valence-electron chi connectivity index (χ2n) is 2.82. The smallest absolute Gasteiger partial charge is 0.296 e. The Labute approximate surface area is 83.4 Å². The fourth-order valence-electron chi connectivity index (χ4n) is 1.06. The molecule has 2 N–H and O–H groups in total. The Morgan fingerprint density at radius 2 is 2.29 bits per heavy atom. The van der Waals surface area contributed by atoms with Crippen LogP contribution in [0, 0.1) is 6.92 Å². The molecule has 0 spiro atoms. The number of rotatable bonds is 2. The summed E-state index contributed by atoms with van der Waals surface area (Å²) in [5.74, 6) is 0. The Hall–Kier alpha value is -1.34. The summed E-state index contributed by atoms with van der Waals surface area (Å²) in [6, 6.07) is 0. The van der Waals surface area contributed by atoms with Crippen LogP contribution >= 0.6 is 11.3 Å². The summed E-state index contributed by atoms with van der Waals surface area (Å²) in [5.41, 5.74) is 5.53. The van der Waals surface area contributed by atoms with E-state index in [4.69, 9.17) is 5.73 Å². The third-order valence-electron chi connectivity index (χ3n) is 1.75. The molecular weight excluding hydrogens is 202 g/mol. The van der Waals surface area contributed by atoms with Crippen molar-refractivity contribution in [3.05, 3.63) is 21.1 Å². The molecule has 7 heteroatoms. The van der Waals surface area contributed by atoms with Crippen LogP contribution in [0.5, 0.6) is 0 Å². The standard InChI is InChI=1S/C7H9N5OS/c1-4-6(13)12-7(10-9-4)14-5(11-12)2-3-8/h2-3,8H2,1H3. The molecule has 0 aromatic carbocycles. The second kappa shape index (κ2) is 3.43. The largest absolute Gasteiger partial charge is 0.330 e. The minimum Gasteiger partial charge on any atom is -0.330 e. The topological polar surface area (TPSA) is 86.2 Å². The van der Waals surface area contributed by atoms with Crippen molar-refractivity contribution in [1.29, 1.82) is 0 Å². The van der Waals surface area contributed by atoms with E-state index in [-0.39, 0.29) is 5.56 Å². The van der Waals surface area contributed by atoms with Crippen molar-refractivity contribution in [3.63, 3.8) is 0 Å². The summed E-state index contributed by atoms with van der Waals surface area (Å²) >= 11 is 1.34. The highest BCUT2D eigenvalue weighted by Gasteiger charge is 2.08. The summed E-state index contributed by atoms with van der Waals surface area (Å²) in [4.78, 5) is 12.0. The van der Waals surface area contributed by atoms with Crippen LogP contribution in [0.3, 0.4) is 0 Å². The molecule has 2 heterocycles. The maximum atomic E-state index is 11.5. The van der Waals surface area contributed by atoms with Gasteiger partial charge in [-0.1, -0.05) is 11.3 Å². The number of hydrogen-bond acceptors (Lipinski definition) is 6. The normalized spacial score (nSPS) is 11.0. The number of hydrogen-bond donors (Lipinski definition) is 1. The van der Waals surface area contributed by atoms with Crippen molar-refractivity contribution in [1.82, 2.24) is 19.8 Å². The lowest BCUT2D eigenvalue weighted by Crippen LogP contribution is -2.19. The highest BCUT2D eigenvalue weighted by molar-refractivity contribution is 7.16. The highest BCUT2D eigenvalue weighted by atomic mass is 32.1. The first-order chi connectivity index (χ1) is 6.72. The van der Waals surface area contributed by atoms with E-state index in [0.29, 0.717) is 23.6 Å². The molecule has 0 atom stereocenters. The first kappa shape index (κ1) is 9.22. The zero-order chi connectivity index (χ0) is 10.1. The Kier molecular flexibility index (Phi) is 2.26. The summed E-state index contributed by atoms with van der Waals surface area (Å²) in [6.07, 6.45) is 0.659. The summed E-state index contributed by atoms with van der Waals surface area (Å²) < 4.78 is 1.28. The Bertz CT molecular complexity index is 516. The first-order valence-corrected chi connectivity index (χ1v) is 4.96. The number of aryl methyl sites for hydroxylation is 1. The molecule has 0 fully saturated rings. The number of nitrogens with two attached hydrogens (primary N) is 1. The Morgan fingerprint density at radius 3 is 3.00 bits per heavy atom. The van der Waals surface area contributed by atoms with Gasteiger partial charge in [0.15, 0.2) is 0 Å². The number of aromatic nitrogens is 4. The van der Waals surface area contributed by atoms with Gasteiger partial charge in [-0.25, -0.2) is 0 Å². The van der Waals surface area contributed by atoms with Crippen LogP contribution in [-0.4, -0.2) is 26.4 Å². The van der Waals surface area contributed by atoms with Crippen LogP contribution in [0.4, 0.5) is 0 Å². The summed E-state index contributed by atoms with van der Waals surface area (Å²) in [7, 11) is 0. The van der Waals surface area contributed by atoms with Crippen molar-refractivity contribution in [2.45, 2.75) is 13.3 Å². The van der Waals surface area contributed by atoms with Gasteiger partial charge in [0.1, 0.15) is 10.7 Å². The van der Waals surface area contributed by atoms with Crippen molar-refractivity contribution < 1.29 is 0 Å². The first-order valence-electron chi connectivity index (χ1n) is 4.14. The fraction of sp³-hybridized carbons (Fsp3) is 0.429. The lowest BCUT2D eigenvalue weighted by molar-refractivity contribution is 0.797. The van der Waals surface area contributed by atoms with Crippen LogP contribution in [0.1, 0.15) is 10.7 Å². The highest BCUT2D eigenvalue weighted by Crippen LogP contribution is 2.09. The molecule has 0 aliphatic rings. The molecule has 74 valence electrons. The Balaban J connectivity index is 2.65. The maximum Gasteiger partial charge on any atom is 0.296 e. The van der Waals surface area contributed by atoms with Crippen LogP contribution < -0.4 is 11.3 Å². The minimum atomic E-state index is -0.213. The minimum absolute atomic E-state index is 0.213. The van der Waals surface area contributed by atoms with Crippen LogP contribution in [0.25, 0.3) is 4.96 Å². The molecule has 0 aliphatic heterocycles. The van der Waals surface area contributed by atoms with Gasteiger partial charge in [0.2, 0.25) is 4.96 Å². The van der Waals surface area contributed by atoms with Gasteiger partial charge in [0, 0.05) is 6.42 Å². The molecule has 0 amide bonds. The molecule has 0 saturated heterocycles. The van der Waals surface area contributed by atoms with E-state index >= 15 is 0 Å². The van der Waals surface area contributed by atoms with Crippen molar-refractivity contribution >= 4 is 16.3 Å². The maximum absolute atomic E-state index is 11.5.